The second-order valence-electron chi connectivity index (χ2n) is 7.31. The van der Waals surface area contributed by atoms with Crippen molar-refractivity contribution in [2.45, 2.75) is 33.4 Å². The van der Waals surface area contributed by atoms with Gasteiger partial charge in [-0.05, 0) is 37.1 Å². The van der Waals surface area contributed by atoms with Crippen LogP contribution in [0.15, 0.2) is 93.7 Å². The Morgan fingerprint density at radius 1 is 0.935 bits per heavy atom. The summed E-state index contributed by atoms with van der Waals surface area (Å²) in [6.07, 6.45) is 0.765. The maximum Gasteiger partial charge on any atom is 0.209 e. The van der Waals surface area contributed by atoms with E-state index in [1.807, 2.05) is 61.5 Å². The number of aromatic amines is 1. The van der Waals surface area contributed by atoms with E-state index in [1.165, 1.54) is 17.3 Å². The molecule has 0 aliphatic carbocycles. The van der Waals surface area contributed by atoms with E-state index < -0.39 is 9.84 Å². The van der Waals surface area contributed by atoms with Gasteiger partial charge in [0.1, 0.15) is 4.90 Å². The zero-order valence-corrected chi connectivity index (χ0v) is 20.5. The minimum atomic E-state index is -3.69. The lowest BCUT2D eigenvalue weighted by Crippen LogP contribution is -2.19. The van der Waals surface area contributed by atoms with Gasteiger partial charge in [-0.1, -0.05) is 66.2 Å². The topological polar surface area (TPSA) is 75.9 Å². The molecule has 0 amide bonds. The lowest BCUT2D eigenvalue weighted by Gasteiger charge is -2.15. The van der Waals surface area contributed by atoms with Crippen molar-refractivity contribution in [2.75, 3.05) is 6.54 Å². The first-order valence-electron chi connectivity index (χ1n) is 9.82. The second-order valence-corrected chi connectivity index (χ2v) is 10.5. The van der Waals surface area contributed by atoms with E-state index in [1.54, 1.807) is 12.1 Å². The van der Waals surface area contributed by atoms with E-state index in [-0.39, 0.29) is 22.2 Å². The number of aromatic nitrogens is 1. The van der Waals surface area contributed by atoms with E-state index in [0.717, 1.165) is 17.5 Å². The van der Waals surface area contributed by atoms with Gasteiger partial charge in [0.05, 0.1) is 9.92 Å². The Bertz CT molecular complexity index is 1250. The summed E-state index contributed by atoms with van der Waals surface area (Å²) in [4.78, 5) is 3.96. The average Bonchev–Trinajstić information content (AvgIpc) is 3.13. The summed E-state index contributed by atoms with van der Waals surface area (Å²) < 4.78 is 27.2. The Balaban J connectivity index is 0.00000272. The van der Waals surface area contributed by atoms with E-state index in [0.29, 0.717) is 26.7 Å². The standard InChI is InChI=1S/C24H24N2O2S2.BrH/c1-17-11-13-20(14-12-17)30(27,28)23-21-9-5-6-10-22(21)26-24(23)29-19(16-25)15-18-7-3-2-4-8-18;/h2-14,19,26H,15-16,25H2,1H3;1H. The molecule has 0 bridgehead atoms. The summed E-state index contributed by atoms with van der Waals surface area (Å²) >= 11 is 1.50. The third-order valence-corrected chi connectivity index (χ3v) is 8.30. The number of rotatable bonds is 7. The number of hydrogen-bond acceptors (Lipinski definition) is 4. The summed E-state index contributed by atoms with van der Waals surface area (Å²) in [5, 5.41) is 1.40. The molecule has 3 N–H and O–H groups in total. The van der Waals surface area contributed by atoms with Crippen LogP contribution in [0, 0.1) is 6.92 Å². The maximum atomic E-state index is 13.6. The predicted octanol–water partition coefficient (Wildman–Crippen LogP) is 5.55. The normalized spacial score (nSPS) is 12.5. The van der Waals surface area contributed by atoms with E-state index in [4.69, 9.17) is 5.73 Å². The summed E-state index contributed by atoms with van der Waals surface area (Å²) in [6.45, 7) is 2.39. The first-order valence-corrected chi connectivity index (χ1v) is 12.2. The van der Waals surface area contributed by atoms with Gasteiger partial charge in [0.25, 0.3) is 0 Å². The van der Waals surface area contributed by atoms with Gasteiger partial charge in [-0.25, -0.2) is 8.42 Å². The molecular weight excluding hydrogens is 492 g/mol. The molecule has 4 nitrogen and oxygen atoms in total. The van der Waals surface area contributed by atoms with Crippen molar-refractivity contribution in [1.82, 2.24) is 4.98 Å². The number of hydrogen-bond donors (Lipinski definition) is 2. The molecule has 0 aliphatic rings. The maximum absolute atomic E-state index is 13.6. The summed E-state index contributed by atoms with van der Waals surface area (Å²) in [5.41, 5.74) is 9.07. The van der Waals surface area contributed by atoms with Gasteiger partial charge in [0.2, 0.25) is 9.84 Å². The van der Waals surface area contributed by atoms with Gasteiger partial charge < -0.3 is 10.7 Å². The molecule has 0 fully saturated rings. The quantitative estimate of drug-likeness (QED) is 0.315. The molecule has 0 spiro atoms. The van der Waals surface area contributed by atoms with Crippen molar-refractivity contribution < 1.29 is 8.42 Å². The molecule has 31 heavy (non-hydrogen) atoms. The SMILES string of the molecule is Br.Cc1ccc(S(=O)(=O)c2c(SC(CN)Cc3ccccc3)[nH]c3ccccc23)cc1. The molecule has 4 rings (SSSR count). The van der Waals surface area contributed by atoms with Crippen LogP contribution < -0.4 is 5.73 Å². The van der Waals surface area contributed by atoms with E-state index >= 15 is 0 Å². The molecule has 3 aromatic carbocycles. The van der Waals surface area contributed by atoms with Crippen molar-refractivity contribution >= 4 is 49.5 Å². The number of H-pyrrole nitrogens is 1. The Hall–Kier alpha value is -2.06. The van der Waals surface area contributed by atoms with Crippen LogP contribution in [0.5, 0.6) is 0 Å². The van der Waals surface area contributed by atoms with E-state index in [2.05, 4.69) is 17.1 Å². The largest absolute Gasteiger partial charge is 0.349 e. The molecule has 1 aromatic heterocycles. The molecule has 7 heteroatoms. The first kappa shape index (κ1) is 23.6. The van der Waals surface area contributed by atoms with Crippen molar-refractivity contribution in [2.24, 2.45) is 5.73 Å². The van der Waals surface area contributed by atoms with Crippen molar-refractivity contribution in [3.63, 3.8) is 0 Å². The molecule has 0 saturated heterocycles. The number of para-hydroxylation sites is 1. The first-order chi connectivity index (χ1) is 14.5. The van der Waals surface area contributed by atoms with Crippen molar-refractivity contribution in [3.8, 4) is 0 Å². The number of benzene rings is 3. The highest BCUT2D eigenvalue weighted by molar-refractivity contribution is 8.93. The molecule has 1 unspecified atom stereocenters. The number of thioether (sulfide) groups is 1. The monoisotopic (exact) mass is 516 g/mol. The molecule has 0 radical (unpaired) electrons. The lowest BCUT2D eigenvalue weighted by molar-refractivity contribution is 0.595. The van der Waals surface area contributed by atoms with Crippen LogP contribution in [0.2, 0.25) is 0 Å². The molecule has 4 aromatic rings. The van der Waals surface area contributed by atoms with Gasteiger partial charge in [0.15, 0.2) is 0 Å². The van der Waals surface area contributed by atoms with Gasteiger partial charge in [-0.2, -0.15) is 0 Å². The molecule has 162 valence electrons. The number of sulfone groups is 1. The average molecular weight is 518 g/mol. The fraction of sp³-hybridized carbons (Fsp3) is 0.167. The van der Waals surface area contributed by atoms with Crippen LogP contribution >= 0.6 is 28.7 Å². The number of nitrogens with two attached hydrogens (primary N) is 1. The Labute approximate surface area is 197 Å². The Kier molecular flexibility index (Phi) is 7.64. The number of fused-ring (bicyclic) bond motifs is 1. The predicted molar refractivity (Wildman–Crippen MR) is 134 cm³/mol. The Morgan fingerprint density at radius 2 is 1.58 bits per heavy atom. The molecular formula is C24H25BrN2O2S2. The second kappa shape index (κ2) is 10.0. The zero-order chi connectivity index (χ0) is 21.1. The van der Waals surface area contributed by atoms with Crippen molar-refractivity contribution in [3.05, 3.63) is 90.0 Å². The fourth-order valence-electron chi connectivity index (χ4n) is 3.49. The van der Waals surface area contributed by atoms with Crippen LogP contribution in [0.25, 0.3) is 10.9 Å². The summed E-state index contributed by atoms with van der Waals surface area (Å²) in [6, 6.07) is 24.6. The Morgan fingerprint density at radius 3 is 2.26 bits per heavy atom. The van der Waals surface area contributed by atoms with Crippen LogP contribution in [-0.2, 0) is 16.3 Å². The fourth-order valence-corrected chi connectivity index (χ4v) is 6.55. The van der Waals surface area contributed by atoms with Crippen LogP contribution in [0.1, 0.15) is 11.1 Å². The van der Waals surface area contributed by atoms with Crippen LogP contribution in [0.4, 0.5) is 0 Å². The number of nitrogens with one attached hydrogen (secondary N) is 1. The summed E-state index contributed by atoms with van der Waals surface area (Å²) in [7, 11) is -3.69. The van der Waals surface area contributed by atoms with Gasteiger partial charge >= 0.3 is 0 Å². The van der Waals surface area contributed by atoms with Crippen LogP contribution in [-0.4, -0.2) is 25.2 Å². The minimum absolute atomic E-state index is 0. The van der Waals surface area contributed by atoms with Crippen molar-refractivity contribution in [1.29, 1.82) is 0 Å². The summed E-state index contributed by atoms with van der Waals surface area (Å²) in [5.74, 6) is 0. The minimum Gasteiger partial charge on any atom is -0.349 e. The zero-order valence-electron chi connectivity index (χ0n) is 17.1. The van der Waals surface area contributed by atoms with E-state index in [9.17, 15) is 8.42 Å². The lowest BCUT2D eigenvalue weighted by atomic mass is 10.1. The molecule has 1 atom stereocenters. The highest BCUT2D eigenvalue weighted by Gasteiger charge is 2.28. The smallest absolute Gasteiger partial charge is 0.209 e. The molecule has 0 saturated carbocycles. The molecule has 0 aliphatic heterocycles. The highest BCUT2D eigenvalue weighted by atomic mass is 79.9. The third-order valence-electron chi connectivity index (χ3n) is 5.08. The molecule has 1 heterocycles. The number of aryl methyl sites for hydroxylation is 1. The third kappa shape index (κ3) is 5.06. The van der Waals surface area contributed by atoms with Gasteiger partial charge in [-0.3, -0.25) is 0 Å². The van der Waals surface area contributed by atoms with Gasteiger partial charge in [-0.15, -0.1) is 28.7 Å². The van der Waals surface area contributed by atoms with Crippen LogP contribution in [0.3, 0.4) is 0 Å². The number of halogens is 1. The highest BCUT2D eigenvalue weighted by Crippen LogP contribution is 2.38. The van der Waals surface area contributed by atoms with Gasteiger partial charge in [0, 0.05) is 22.7 Å².